The molecule has 0 amide bonds. The first-order chi connectivity index (χ1) is 7.88. The Bertz CT molecular complexity index is 344. The molecule has 2 rings (SSSR count). The molecule has 3 heteroatoms. The summed E-state index contributed by atoms with van der Waals surface area (Å²) in [4.78, 5) is 0. The van der Waals surface area contributed by atoms with Gasteiger partial charge >= 0.3 is 0 Å². The van der Waals surface area contributed by atoms with Gasteiger partial charge in [0.25, 0.3) is 0 Å². The van der Waals surface area contributed by atoms with Gasteiger partial charge in [-0.25, -0.2) is 0 Å². The molecule has 2 heterocycles. The zero-order valence-electron chi connectivity index (χ0n) is 9.48. The van der Waals surface area contributed by atoms with Crippen LogP contribution in [0.25, 0.3) is 0 Å². The Morgan fingerprint density at radius 2 is 2.31 bits per heavy atom. The minimum absolute atomic E-state index is 0.464. The van der Waals surface area contributed by atoms with Crippen LogP contribution in [0.4, 0.5) is 0 Å². The second-order valence-corrected chi connectivity index (χ2v) is 4.65. The topological polar surface area (TPSA) is 25.2 Å². The summed E-state index contributed by atoms with van der Waals surface area (Å²) in [6.45, 7) is 3.14. The van der Waals surface area contributed by atoms with Gasteiger partial charge in [0, 0.05) is 12.5 Å². The quantitative estimate of drug-likeness (QED) is 0.832. The highest BCUT2D eigenvalue weighted by molar-refractivity contribution is 7.07. The minimum Gasteiger partial charge on any atom is -0.469 e. The van der Waals surface area contributed by atoms with Crippen LogP contribution >= 0.6 is 11.3 Å². The van der Waals surface area contributed by atoms with Crippen LogP contribution in [0.2, 0.25) is 0 Å². The number of rotatable bonds is 6. The Labute approximate surface area is 100 Å². The van der Waals surface area contributed by atoms with Gasteiger partial charge in [-0.1, -0.05) is 6.92 Å². The fourth-order valence-corrected chi connectivity index (χ4v) is 2.55. The van der Waals surface area contributed by atoms with Gasteiger partial charge in [-0.05, 0) is 47.5 Å². The predicted octanol–water partition coefficient (Wildman–Crippen LogP) is 3.10. The van der Waals surface area contributed by atoms with E-state index in [1.807, 2.05) is 12.1 Å². The van der Waals surface area contributed by atoms with Gasteiger partial charge in [-0.2, -0.15) is 11.3 Å². The van der Waals surface area contributed by atoms with E-state index in [9.17, 15) is 0 Å². The maximum atomic E-state index is 5.39. The summed E-state index contributed by atoms with van der Waals surface area (Å²) in [6, 6.07) is 6.64. The van der Waals surface area contributed by atoms with Crippen molar-refractivity contribution < 1.29 is 4.42 Å². The van der Waals surface area contributed by atoms with E-state index in [4.69, 9.17) is 4.42 Å². The third-order valence-corrected chi connectivity index (χ3v) is 3.31. The highest BCUT2D eigenvalue weighted by Gasteiger charge is 2.11. The molecule has 0 bridgehead atoms. The molecule has 2 nitrogen and oxygen atoms in total. The predicted molar refractivity (Wildman–Crippen MR) is 67.9 cm³/mol. The van der Waals surface area contributed by atoms with Crippen molar-refractivity contribution in [2.75, 3.05) is 6.54 Å². The number of hydrogen-bond donors (Lipinski definition) is 1. The molecule has 0 radical (unpaired) electrons. The normalized spacial score (nSPS) is 12.8. The van der Waals surface area contributed by atoms with Crippen LogP contribution in [0, 0.1) is 0 Å². The van der Waals surface area contributed by atoms with E-state index < -0.39 is 0 Å². The summed E-state index contributed by atoms with van der Waals surface area (Å²) in [6.07, 6.45) is 3.76. The lowest BCUT2D eigenvalue weighted by atomic mass is 10.0. The molecule has 0 spiro atoms. The fraction of sp³-hybridized carbons (Fsp3) is 0.385. The number of hydrogen-bond acceptors (Lipinski definition) is 3. The molecule has 0 saturated heterocycles. The van der Waals surface area contributed by atoms with Crippen molar-refractivity contribution in [1.29, 1.82) is 0 Å². The summed E-state index contributed by atoms with van der Waals surface area (Å²) < 4.78 is 5.39. The van der Waals surface area contributed by atoms with Crippen LogP contribution < -0.4 is 5.32 Å². The van der Waals surface area contributed by atoms with Crippen LogP contribution in [0.5, 0.6) is 0 Å². The van der Waals surface area contributed by atoms with E-state index in [1.165, 1.54) is 5.56 Å². The number of likely N-dealkylation sites (N-methyl/N-ethyl adjacent to an activating group) is 1. The van der Waals surface area contributed by atoms with Crippen molar-refractivity contribution in [2.24, 2.45) is 0 Å². The zero-order valence-corrected chi connectivity index (χ0v) is 10.3. The van der Waals surface area contributed by atoms with Gasteiger partial charge in [0.1, 0.15) is 5.76 Å². The summed E-state index contributed by atoms with van der Waals surface area (Å²) in [5.41, 5.74) is 1.41. The Morgan fingerprint density at radius 3 is 2.94 bits per heavy atom. The molecule has 86 valence electrons. The minimum atomic E-state index is 0.464. The second-order valence-electron chi connectivity index (χ2n) is 3.87. The van der Waals surface area contributed by atoms with E-state index in [0.29, 0.717) is 6.04 Å². The first kappa shape index (κ1) is 11.4. The molecule has 0 fully saturated rings. The molecule has 0 aliphatic carbocycles. The highest BCUT2D eigenvalue weighted by Crippen LogP contribution is 2.12. The third-order valence-electron chi connectivity index (χ3n) is 2.58. The summed E-state index contributed by atoms with van der Waals surface area (Å²) in [5.74, 6) is 1.06. The lowest BCUT2D eigenvalue weighted by molar-refractivity contribution is 0.445. The zero-order chi connectivity index (χ0) is 11.2. The molecule has 1 N–H and O–H groups in total. The molecular weight excluding hydrogens is 218 g/mol. The van der Waals surface area contributed by atoms with Crippen molar-refractivity contribution in [1.82, 2.24) is 5.32 Å². The fourth-order valence-electron chi connectivity index (χ4n) is 1.87. The lowest BCUT2D eigenvalue weighted by Gasteiger charge is -2.15. The van der Waals surface area contributed by atoms with Gasteiger partial charge in [0.15, 0.2) is 0 Å². The van der Waals surface area contributed by atoms with Gasteiger partial charge < -0.3 is 9.73 Å². The van der Waals surface area contributed by atoms with Crippen LogP contribution in [0.15, 0.2) is 39.6 Å². The van der Waals surface area contributed by atoms with Crippen molar-refractivity contribution in [3.8, 4) is 0 Å². The standard InChI is InChI=1S/C13H17NOS/c1-2-14-12(8-11-5-7-16-10-11)9-13-4-3-6-15-13/h3-7,10,12,14H,2,8-9H2,1H3. The Morgan fingerprint density at radius 1 is 1.38 bits per heavy atom. The lowest BCUT2D eigenvalue weighted by Crippen LogP contribution is -2.32. The van der Waals surface area contributed by atoms with Crippen LogP contribution in [-0.4, -0.2) is 12.6 Å². The first-order valence-electron chi connectivity index (χ1n) is 5.65. The van der Waals surface area contributed by atoms with Gasteiger partial charge in [0.05, 0.1) is 6.26 Å². The highest BCUT2D eigenvalue weighted by atomic mass is 32.1. The van der Waals surface area contributed by atoms with Gasteiger partial charge in [-0.3, -0.25) is 0 Å². The van der Waals surface area contributed by atoms with Gasteiger partial charge in [0.2, 0.25) is 0 Å². The molecule has 0 saturated carbocycles. The first-order valence-corrected chi connectivity index (χ1v) is 6.59. The molecule has 1 unspecified atom stereocenters. The molecule has 16 heavy (non-hydrogen) atoms. The van der Waals surface area contributed by atoms with Crippen molar-refractivity contribution in [3.63, 3.8) is 0 Å². The van der Waals surface area contributed by atoms with Crippen molar-refractivity contribution in [3.05, 3.63) is 46.5 Å². The largest absolute Gasteiger partial charge is 0.469 e. The monoisotopic (exact) mass is 235 g/mol. The average Bonchev–Trinajstić information content (AvgIpc) is 2.91. The molecule has 0 aliphatic heterocycles. The number of nitrogens with one attached hydrogen (secondary N) is 1. The van der Waals surface area contributed by atoms with Crippen molar-refractivity contribution in [2.45, 2.75) is 25.8 Å². The number of thiophene rings is 1. The summed E-state index contributed by atoms with van der Waals surface area (Å²) in [7, 11) is 0. The van der Waals surface area contributed by atoms with Crippen LogP contribution in [0.1, 0.15) is 18.2 Å². The molecule has 0 aliphatic rings. The van der Waals surface area contributed by atoms with E-state index in [-0.39, 0.29) is 0 Å². The van der Waals surface area contributed by atoms with Gasteiger partial charge in [-0.15, -0.1) is 0 Å². The SMILES string of the molecule is CCNC(Cc1ccsc1)Cc1ccco1. The van der Waals surface area contributed by atoms with E-state index >= 15 is 0 Å². The maximum absolute atomic E-state index is 5.39. The molecular formula is C13H17NOS. The Balaban J connectivity index is 1.94. The Hall–Kier alpha value is -1.06. The summed E-state index contributed by atoms with van der Waals surface area (Å²) in [5, 5.41) is 7.85. The van der Waals surface area contributed by atoms with Crippen LogP contribution in [-0.2, 0) is 12.8 Å². The van der Waals surface area contributed by atoms with Crippen molar-refractivity contribution >= 4 is 11.3 Å². The molecule has 2 aromatic rings. The van der Waals surface area contributed by atoms with E-state index in [0.717, 1.165) is 25.1 Å². The number of furan rings is 1. The third kappa shape index (κ3) is 3.22. The second kappa shape index (κ2) is 5.87. The average molecular weight is 235 g/mol. The molecule has 0 aromatic carbocycles. The van der Waals surface area contributed by atoms with E-state index in [1.54, 1.807) is 17.6 Å². The van der Waals surface area contributed by atoms with Crippen LogP contribution in [0.3, 0.4) is 0 Å². The summed E-state index contributed by atoms with van der Waals surface area (Å²) >= 11 is 1.76. The smallest absolute Gasteiger partial charge is 0.105 e. The van der Waals surface area contributed by atoms with E-state index in [2.05, 4.69) is 29.1 Å². The Kier molecular flexibility index (Phi) is 4.19. The maximum Gasteiger partial charge on any atom is 0.105 e. The molecule has 1 atom stereocenters. The molecule has 2 aromatic heterocycles.